The molecule has 0 atom stereocenters. The Morgan fingerprint density at radius 2 is 1.83 bits per heavy atom. The smallest absolute Gasteiger partial charge is 0.232 e. The molecule has 7 heteroatoms. The van der Waals surface area contributed by atoms with Crippen molar-refractivity contribution in [3.05, 3.63) is 97.4 Å². The van der Waals surface area contributed by atoms with Crippen LogP contribution in [-0.2, 0) is 6.61 Å². The lowest BCUT2D eigenvalue weighted by atomic mass is 10.0. The van der Waals surface area contributed by atoms with Gasteiger partial charge in [0.1, 0.15) is 23.9 Å². The highest BCUT2D eigenvalue weighted by Gasteiger charge is 2.30. The SMILES string of the molecule is Cc1cc(OCc2ccc(Cl)c(Cl)c2)cc2c1C(=O)/C(=C/c1c(F)cccc1Cl)O2. The number of aryl methyl sites for hydroxylation is 1. The van der Waals surface area contributed by atoms with Crippen molar-refractivity contribution < 1.29 is 18.7 Å². The summed E-state index contributed by atoms with van der Waals surface area (Å²) in [7, 11) is 0. The molecule has 3 aromatic carbocycles. The van der Waals surface area contributed by atoms with Gasteiger partial charge >= 0.3 is 0 Å². The monoisotopic (exact) mass is 462 g/mol. The van der Waals surface area contributed by atoms with Gasteiger partial charge in [0.2, 0.25) is 5.78 Å². The summed E-state index contributed by atoms with van der Waals surface area (Å²) in [6, 6.07) is 12.9. The van der Waals surface area contributed by atoms with E-state index in [1.165, 1.54) is 18.2 Å². The Bertz CT molecular complexity index is 1180. The van der Waals surface area contributed by atoms with E-state index >= 15 is 0 Å². The van der Waals surface area contributed by atoms with E-state index in [-0.39, 0.29) is 28.7 Å². The average Bonchev–Trinajstić information content (AvgIpc) is 3.01. The van der Waals surface area contributed by atoms with E-state index < -0.39 is 5.82 Å². The minimum Gasteiger partial charge on any atom is -0.489 e. The molecule has 0 unspecified atom stereocenters. The van der Waals surface area contributed by atoms with Crippen LogP contribution >= 0.6 is 34.8 Å². The first-order valence-corrected chi connectivity index (χ1v) is 10.1. The van der Waals surface area contributed by atoms with Crippen LogP contribution in [0.25, 0.3) is 6.08 Å². The molecule has 3 nitrogen and oxygen atoms in total. The van der Waals surface area contributed by atoms with Gasteiger partial charge in [-0.15, -0.1) is 0 Å². The molecule has 1 heterocycles. The van der Waals surface area contributed by atoms with Crippen molar-refractivity contribution >= 4 is 46.7 Å². The molecular weight excluding hydrogens is 450 g/mol. The molecule has 0 aromatic heterocycles. The van der Waals surface area contributed by atoms with Crippen molar-refractivity contribution in [3.8, 4) is 11.5 Å². The van der Waals surface area contributed by atoms with Crippen LogP contribution in [0.4, 0.5) is 4.39 Å². The van der Waals surface area contributed by atoms with Crippen LogP contribution in [0.1, 0.15) is 27.0 Å². The van der Waals surface area contributed by atoms with Gasteiger partial charge in [-0.3, -0.25) is 4.79 Å². The molecule has 0 spiro atoms. The van der Waals surface area contributed by atoms with Crippen LogP contribution in [0.15, 0.2) is 54.3 Å². The molecule has 0 radical (unpaired) electrons. The Kier molecular flexibility index (Phi) is 5.74. The van der Waals surface area contributed by atoms with E-state index in [0.717, 1.165) is 5.56 Å². The number of benzene rings is 3. The van der Waals surface area contributed by atoms with Gasteiger partial charge in [-0.25, -0.2) is 4.39 Å². The lowest BCUT2D eigenvalue weighted by Gasteiger charge is -2.10. The normalized spacial score (nSPS) is 14.0. The Morgan fingerprint density at radius 1 is 1.03 bits per heavy atom. The van der Waals surface area contributed by atoms with Gasteiger partial charge < -0.3 is 9.47 Å². The molecule has 0 saturated carbocycles. The Labute approximate surface area is 187 Å². The number of halogens is 4. The second-order valence-electron chi connectivity index (χ2n) is 6.73. The molecule has 4 rings (SSSR count). The molecular formula is C23H14Cl3FO3. The zero-order valence-corrected chi connectivity index (χ0v) is 17.9. The van der Waals surface area contributed by atoms with Crippen LogP contribution in [0.3, 0.4) is 0 Å². The fraction of sp³-hybridized carbons (Fsp3) is 0.0870. The first-order valence-electron chi connectivity index (χ1n) is 8.93. The maximum atomic E-state index is 14.1. The number of carbonyl (C=O) groups is 1. The van der Waals surface area contributed by atoms with Crippen LogP contribution in [0.5, 0.6) is 11.5 Å². The zero-order chi connectivity index (χ0) is 21.4. The van der Waals surface area contributed by atoms with Crippen LogP contribution in [0.2, 0.25) is 15.1 Å². The molecule has 30 heavy (non-hydrogen) atoms. The van der Waals surface area contributed by atoms with Crippen molar-refractivity contribution in [3.63, 3.8) is 0 Å². The summed E-state index contributed by atoms with van der Waals surface area (Å²) < 4.78 is 25.6. The maximum absolute atomic E-state index is 14.1. The highest BCUT2D eigenvalue weighted by Crippen LogP contribution is 2.38. The van der Waals surface area contributed by atoms with E-state index in [1.54, 1.807) is 37.3 Å². The van der Waals surface area contributed by atoms with Crippen molar-refractivity contribution in [2.75, 3.05) is 0 Å². The summed E-state index contributed by atoms with van der Waals surface area (Å²) in [5, 5.41) is 1.10. The summed E-state index contributed by atoms with van der Waals surface area (Å²) in [4.78, 5) is 12.8. The second kappa shape index (κ2) is 8.31. The van der Waals surface area contributed by atoms with E-state index in [1.807, 2.05) is 6.07 Å². The van der Waals surface area contributed by atoms with E-state index in [0.29, 0.717) is 32.7 Å². The summed E-state index contributed by atoms with van der Waals surface area (Å²) in [6.07, 6.45) is 1.32. The molecule has 0 fully saturated rings. The van der Waals surface area contributed by atoms with Gasteiger partial charge in [-0.2, -0.15) is 0 Å². The number of ether oxygens (including phenoxy) is 2. The molecule has 1 aliphatic rings. The Balaban J connectivity index is 1.59. The molecule has 0 N–H and O–H groups in total. The third-order valence-electron chi connectivity index (χ3n) is 4.61. The number of carbonyl (C=O) groups excluding carboxylic acids is 1. The quantitative estimate of drug-likeness (QED) is 0.381. The zero-order valence-electron chi connectivity index (χ0n) is 15.6. The number of fused-ring (bicyclic) bond motifs is 1. The van der Waals surface area contributed by atoms with Crippen molar-refractivity contribution in [1.29, 1.82) is 0 Å². The minimum atomic E-state index is -0.537. The second-order valence-corrected chi connectivity index (χ2v) is 7.95. The highest BCUT2D eigenvalue weighted by atomic mass is 35.5. The number of Topliss-reactive ketones (excluding diaryl/α,β-unsaturated/α-hetero) is 1. The Hall–Kier alpha value is -2.53. The van der Waals surface area contributed by atoms with Gasteiger partial charge in [0.15, 0.2) is 5.76 Å². The Morgan fingerprint density at radius 3 is 2.57 bits per heavy atom. The predicted octanol–water partition coefficient (Wildman–Crippen LogP) is 7.29. The standard InChI is InChI=1S/C23H14Cl3FO3/c1-12-7-14(29-11-13-5-6-17(25)18(26)8-13)9-20-22(12)23(28)21(30-20)10-15-16(24)3-2-4-19(15)27/h2-10H,11H2,1H3/b21-10-. The predicted molar refractivity (Wildman–Crippen MR) is 116 cm³/mol. The summed E-state index contributed by atoms with van der Waals surface area (Å²) in [6.45, 7) is 2.04. The third-order valence-corrected chi connectivity index (χ3v) is 5.68. The molecule has 3 aromatic rings. The van der Waals surface area contributed by atoms with Crippen molar-refractivity contribution in [2.45, 2.75) is 13.5 Å². The third kappa shape index (κ3) is 4.04. The molecule has 0 aliphatic carbocycles. The van der Waals surface area contributed by atoms with Crippen LogP contribution in [-0.4, -0.2) is 5.78 Å². The average molecular weight is 464 g/mol. The summed E-state index contributed by atoms with van der Waals surface area (Å²) in [5.74, 6) is 0.00228. The van der Waals surface area contributed by atoms with Crippen LogP contribution in [0, 0.1) is 12.7 Å². The molecule has 0 amide bonds. The van der Waals surface area contributed by atoms with Crippen molar-refractivity contribution in [1.82, 2.24) is 0 Å². The maximum Gasteiger partial charge on any atom is 0.232 e. The van der Waals surface area contributed by atoms with Gasteiger partial charge in [-0.1, -0.05) is 46.9 Å². The summed E-state index contributed by atoms with van der Waals surface area (Å²) in [5.41, 5.74) is 2.04. The first kappa shape index (κ1) is 20.7. The number of hydrogen-bond donors (Lipinski definition) is 0. The number of rotatable bonds is 4. The minimum absolute atomic E-state index is 0.00160. The van der Waals surface area contributed by atoms with Gasteiger partial charge in [0.05, 0.1) is 20.6 Å². The van der Waals surface area contributed by atoms with E-state index in [2.05, 4.69) is 0 Å². The van der Waals surface area contributed by atoms with Gasteiger partial charge in [0.25, 0.3) is 0 Å². The number of hydrogen-bond acceptors (Lipinski definition) is 3. The largest absolute Gasteiger partial charge is 0.489 e. The van der Waals surface area contributed by atoms with E-state index in [4.69, 9.17) is 44.3 Å². The van der Waals surface area contributed by atoms with Gasteiger partial charge in [0, 0.05) is 11.6 Å². The van der Waals surface area contributed by atoms with Crippen molar-refractivity contribution in [2.24, 2.45) is 0 Å². The topological polar surface area (TPSA) is 35.5 Å². The fourth-order valence-corrected chi connectivity index (χ4v) is 3.67. The summed E-state index contributed by atoms with van der Waals surface area (Å²) >= 11 is 18.0. The highest BCUT2D eigenvalue weighted by molar-refractivity contribution is 6.42. The number of ketones is 1. The van der Waals surface area contributed by atoms with Gasteiger partial charge in [-0.05, 0) is 54.5 Å². The molecule has 0 bridgehead atoms. The molecule has 0 saturated heterocycles. The van der Waals surface area contributed by atoms with Crippen LogP contribution < -0.4 is 9.47 Å². The lowest BCUT2D eigenvalue weighted by Crippen LogP contribution is -2.00. The lowest BCUT2D eigenvalue weighted by molar-refractivity contribution is 0.101. The molecule has 1 aliphatic heterocycles. The first-order chi connectivity index (χ1) is 14.3. The fourth-order valence-electron chi connectivity index (χ4n) is 3.14. The van der Waals surface area contributed by atoms with E-state index in [9.17, 15) is 9.18 Å². The number of allylic oxidation sites excluding steroid dienone is 1. The molecule has 152 valence electrons.